The first-order chi connectivity index (χ1) is 8.63. The van der Waals surface area contributed by atoms with Crippen molar-refractivity contribution in [3.63, 3.8) is 0 Å². The maximum atomic E-state index is 11.3. The lowest BCUT2D eigenvalue weighted by atomic mass is 9.89. The van der Waals surface area contributed by atoms with Gasteiger partial charge in [0.2, 0.25) is 0 Å². The molecule has 1 aromatic carbocycles. The van der Waals surface area contributed by atoms with E-state index in [2.05, 4.69) is 4.98 Å². The Hall–Kier alpha value is -1.85. The van der Waals surface area contributed by atoms with Crippen LogP contribution in [0.3, 0.4) is 0 Å². The van der Waals surface area contributed by atoms with Crippen LogP contribution in [0.2, 0.25) is 0 Å². The van der Waals surface area contributed by atoms with Crippen LogP contribution < -0.4 is 5.48 Å². The summed E-state index contributed by atoms with van der Waals surface area (Å²) in [6.45, 7) is 1.73. The number of aromatic nitrogens is 1. The molecule has 0 radical (unpaired) electrons. The number of hydroxylamine groups is 1. The molecule has 2 aromatic rings. The molecule has 0 fully saturated rings. The number of hydrogen-bond donors (Lipinski definition) is 4. The van der Waals surface area contributed by atoms with E-state index in [0.717, 1.165) is 16.5 Å². The maximum Gasteiger partial charge on any atom is 0.326 e. The summed E-state index contributed by atoms with van der Waals surface area (Å²) in [6, 6.07) is 7.68. The van der Waals surface area contributed by atoms with Crippen LogP contribution in [0.5, 0.6) is 0 Å². The van der Waals surface area contributed by atoms with Gasteiger partial charge in [-0.2, -0.15) is 5.48 Å². The van der Waals surface area contributed by atoms with E-state index >= 15 is 0 Å². The molecule has 0 aliphatic rings. The number of aliphatic carboxylic acids is 1. The number of fused-ring (bicyclic) bond motifs is 1. The summed E-state index contributed by atoms with van der Waals surface area (Å²) in [5, 5.41) is 19.4. The number of nitrogens with one attached hydrogen (secondary N) is 2. The summed E-state index contributed by atoms with van der Waals surface area (Å²) in [6.07, 6.45) is 2.30. The standard InChI is InChI=1S/C13H16N2O3/c1-2-13(15-18,12(16)17)7-9-8-14-11-6-4-3-5-10(9)11/h3-6,8,14-15,18H,2,7H2,1H3,(H,16,17). The lowest BCUT2D eigenvalue weighted by Crippen LogP contribution is -2.52. The molecular formula is C13H16N2O3. The number of carboxylic acids is 1. The van der Waals surface area contributed by atoms with Gasteiger partial charge in [-0.25, -0.2) is 0 Å². The Balaban J connectivity index is 2.40. The molecule has 5 heteroatoms. The normalized spacial score (nSPS) is 14.6. The van der Waals surface area contributed by atoms with E-state index in [4.69, 9.17) is 0 Å². The Morgan fingerprint density at radius 1 is 1.44 bits per heavy atom. The third-order valence-corrected chi connectivity index (χ3v) is 3.39. The molecule has 0 amide bonds. The minimum absolute atomic E-state index is 0.222. The van der Waals surface area contributed by atoms with Gasteiger partial charge in [0.1, 0.15) is 5.54 Å². The van der Waals surface area contributed by atoms with Crippen LogP contribution in [0, 0.1) is 0 Å². The van der Waals surface area contributed by atoms with E-state index in [1.54, 1.807) is 13.1 Å². The third kappa shape index (κ3) is 1.98. The molecule has 1 heterocycles. The van der Waals surface area contributed by atoms with Crippen LogP contribution in [0.25, 0.3) is 10.9 Å². The highest BCUT2D eigenvalue weighted by Crippen LogP contribution is 2.24. The highest BCUT2D eigenvalue weighted by Gasteiger charge is 2.37. The second kappa shape index (κ2) is 4.80. The van der Waals surface area contributed by atoms with Gasteiger partial charge < -0.3 is 15.3 Å². The third-order valence-electron chi connectivity index (χ3n) is 3.39. The molecule has 1 aromatic heterocycles. The number of H-pyrrole nitrogens is 1. The lowest BCUT2D eigenvalue weighted by molar-refractivity contribution is -0.150. The van der Waals surface area contributed by atoms with E-state index in [1.807, 2.05) is 29.7 Å². The predicted molar refractivity (Wildman–Crippen MR) is 67.6 cm³/mol. The van der Waals surface area contributed by atoms with E-state index < -0.39 is 11.5 Å². The van der Waals surface area contributed by atoms with Crippen molar-refractivity contribution in [1.29, 1.82) is 0 Å². The van der Waals surface area contributed by atoms with Crippen molar-refractivity contribution in [3.05, 3.63) is 36.0 Å². The van der Waals surface area contributed by atoms with Crippen LogP contribution in [-0.4, -0.2) is 26.8 Å². The summed E-state index contributed by atoms with van der Waals surface area (Å²) >= 11 is 0. The molecule has 4 N–H and O–H groups in total. The quantitative estimate of drug-likeness (QED) is 0.609. The van der Waals surface area contributed by atoms with Gasteiger partial charge in [0, 0.05) is 23.5 Å². The first-order valence-corrected chi connectivity index (χ1v) is 5.82. The molecule has 0 spiro atoms. The van der Waals surface area contributed by atoms with Crippen molar-refractivity contribution >= 4 is 16.9 Å². The smallest absolute Gasteiger partial charge is 0.326 e. The molecule has 18 heavy (non-hydrogen) atoms. The molecule has 0 bridgehead atoms. The van der Waals surface area contributed by atoms with Crippen molar-refractivity contribution in [2.45, 2.75) is 25.3 Å². The second-order valence-electron chi connectivity index (χ2n) is 4.39. The summed E-state index contributed by atoms with van der Waals surface area (Å²) < 4.78 is 0. The zero-order valence-electron chi connectivity index (χ0n) is 10.1. The molecular weight excluding hydrogens is 232 g/mol. The summed E-state index contributed by atoms with van der Waals surface area (Å²) in [7, 11) is 0. The SMILES string of the molecule is CCC(Cc1c[nH]c2ccccc12)(NO)C(=O)O. The van der Waals surface area contributed by atoms with E-state index in [9.17, 15) is 15.1 Å². The minimum atomic E-state index is -1.34. The zero-order chi connectivity index (χ0) is 13.2. The Bertz CT molecular complexity index is 558. The van der Waals surface area contributed by atoms with Crippen LogP contribution in [0.4, 0.5) is 0 Å². The average Bonchev–Trinajstić information content (AvgIpc) is 2.79. The number of rotatable bonds is 5. The van der Waals surface area contributed by atoms with Crippen molar-refractivity contribution < 1.29 is 15.1 Å². The summed E-state index contributed by atoms with van der Waals surface area (Å²) in [5.41, 5.74) is 2.44. The molecule has 0 saturated carbocycles. The van der Waals surface area contributed by atoms with E-state index in [-0.39, 0.29) is 6.42 Å². The Kier molecular flexibility index (Phi) is 3.36. The number of carboxylic acid groups (broad SMARTS) is 1. The zero-order valence-corrected chi connectivity index (χ0v) is 10.1. The molecule has 0 saturated heterocycles. The minimum Gasteiger partial charge on any atom is -0.480 e. The molecule has 2 rings (SSSR count). The summed E-state index contributed by atoms with van der Waals surface area (Å²) in [5.74, 6) is -1.06. The van der Waals surface area contributed by atoms with Crippen LogP contribution in [0.15, 0.2) is 30.5 Å². The van der Waals surface area contributed by atoms with Crippen LogP contribution >= 0.6 is 0 Å². The van der Waals surface area contributed by atoms with Gasteiger partial charge in [0.15, 0.2) is 0 Å². The Morgan fingerprint density at radius 2 is 2.17 bits per heavy atom. The Labute approximate surface area is 104 Å². The summed E-state index contributed by atoms with van der Waals surface area (Å²) in [4.78, 5) is 14.4. The monoisotopic (exact) mass is 248 g/mol. The second-order valence-corrected chi connectivity index (χ2v) is 4.39. The van der Waals surface area contributed by atoms with Crippen LogP contribution in [0.1, 0.15) is 18.9 Å². The van der Waals surface area contributed by atoms with Gasteiger partial charge in [0.25, 0.3) is 0 Å². The van der Waals surface area contributed by atoms with Gasteiger partial charge >= 0.3 is 5.97 Å². The predicted octanol–water partition coefficient (Wildman–Crippen LogP) is 1.92. The topological polar surface area (TPSA) is 85.4 Å². The lowest BCUT2D eigenvalue weighted by Gasteiger charge is -2.25. The van der Waals surface area contributed by atoms with Crippen molar-refractivity contribution in [1.82, 2.24) is 10.5 Å². The highest BCUT2D eigenvalue weighted by atomic mass is 16.5. The molecule has 0 aliphatic heterocycles. The van der Waals surface area contributed by atoms with Gasteiger partial charge in [0.05, 0.1) is 0 Å². The van der Waals surface area contributed by atoms with Gasteiger partial charge in [-0.3, -0.25) is 4.79 Å². The fourth-order valence-electron chi connectivity index (χ4n) is 2.12. The molecule has 0 aliphatic carbocycles. The average molecular weight is 248 g/mol. The number of aromatic amines is 1. The molecule has 5 nitrogen and oxygen atoms in total. The van der Waals surface area contributed by atoms with Crippen LogP contribution in [-0.2, 0) is 11.2 Å². The fourth-order valence-corrected chi connectivity index (χ4v) is 2.12. The van der Waals surface area contributed by atoms with Gasteiger partial charge in [-0.15, -0.1) is 0 Å². The molecule has 1 atom stereocenters. The number of carbonyl (C=O) groups is 1. The first-order valence-electron chi connectivity index (χ1n) is 5.82. The largest absolute Gasteiger partial charge is 0.480 e. The fraction of sp³-hybridized carbons (Fsp3) is 0.308. The number of para-hydroxylation sites is 1. The Morgan fingerprint density at radius 3 is 2.78 bits per heavy atom. The van der Waals surface area contributed by atoms with E-state index in [1.165, 1.54) is 0 Å². The van der Waals surface area contributed by atoms with Crippen molar-refractivity contribution in [3.8, 4) is 0 Å². The van der Waals surface area contributed by atoms with Gasteiger partial charge in [-0.1, -0.05) is 25.1 Å². The van der Waals surface area contributed by atoms with Crippen molar-refractivity contribution in [2.24, 2.45) is 0 Å². The molecule has 1 unspecified atom stereocenters. The molecule has 96 valence electrons. The van der Waals surface area contributed by atoms with Crippen molar-refractivity contribution in [2.75, 3.05) is 0 Å². The van der Waals surface area contributed by atoms with Gasteiger partial charge in [-0.05, 0) is 18.1 Å². The van der Waals surface area contributed by atoms with E-state index in [0.29, 0.717) is 6.42 Å². The highest BCUT2D eigenvalue weighted by molar-refractivity contribution is 5.85. The first kappa shape index (κ1) is 12.6. The number of benzene rings is 1. The maximum absolute atomic E-state index is 11.3. The number of hydrogen-bond acceptors (Lipinski definition) is 3.